The van der Waals surface area contributed by atoms with E-state index in [1.54, 1.807) is 0 Å². The largest absolute Gasteiger partial charge is 1.00 e. The van der Waals surface area contributed by atoms with Crippen LogP contribution >= 0.6 is 0 Å². The van der Waals surface area contributed by atoms with Crippen LogP contribution in [0.1, 0.15) is 142 Å². The summed E-state index contributed by atoms with van der Waals surface area (Å²) in [4.78, 5) is 0. The second-order valence-electron chi connectivity index (χ2n) is 8.42. The summed E-state index contributed by atoms with van der Waals surface area (Å²) in [5, 5.41) is 0. The summed E-state index contributed by atoms with van der Waals surface area (Å²) in [5.41, 5.74) is 0. The van der Waals surface area contributed by atoms with Crippen molar-refractivity contribution in [3.63, 3.8) is 0 Å². The van der Waals surface area contributed by atoms with Gasteiger partial charge in [0.25, 0.3) is 0 Å². The zero-order valence-electron chi connectivity index (χ0n) is 20.6. The summed E-state index contributed by atoms with van der Waals surface area (Å²) in [6.07, 6.45) is 24.4. The van der Waals surface area contributed by atoms with Gasteiger partial charge >= 0.3 is 40.0 Å². The normalized spacial score (nSPS) is 11.5. The summed E-state index contributed by atoms with van der Waals surface area (Å²) in [6.45, 7) is 4.98. The maximum atomic E-state index is 11.7. The Labute approximate surface area is 211 Å². The molecule has 6 heteroatoms. The van der Waals surface area contributed by atoms with Gasteiger partial charge in [0.2, 0.25) is 0 Å². The maximum absolute atomic E-state index is 11.7. The third-order valence-electron chi connectivity index (χ3n) is 5.45. The van der Waals surface area contributed by atoms with Gasteiger partial charge in [0, 0.05) is 0 Å². The Hall–Kier alpha value is 0.870. The van der Waals surface area contributed by atoms with Crippen molar-refractivity contribution in [2.24, 2.45) is 0 Å². The molecule has 0 aromatic carbocycles. The smallest absolute Gasteiger partial charge is 0.248 e. The van der Waals surface area contributed by atoms with Crippen molar-refractivity contribution in [3.8, 4) is 0 Å². The SMILES string of the molecule is CCCCCCCCCCCCOS(=O)(=O)OCCCCCCCCCCCC.[Na+]. The molecule has 0 rings (SSSR count). The quantitative estimate of drug-likeness (QED) is 0.149. The number of rotatable bonds is 24. The Morgan fingerprint density at radius 2 is 0.667 bits per heavy atom. The molecule has 0 bridgehead atoms. The molecule has 4 nitrogen and oxygen atoms in total. The molecular formula is C24H50NaO4S+. The fourth-order valence-corrected chi connectivity index (χ4v) is 4.25. The molecule has 0 unspecified atom stereocenters. The standard InChI is InChI=1S/C24H50O4S.Na/c1-3-5-7-9-11-13-15-17-19-21-23-27-29(25,26)28-24-22-20-18-16-14-12-10-8-6-4-2;/h3-24H2,1-2H3;/q;+1. The molecule has 176 valence electrons. The first kappa shape index (κ1) is 33.0. The van der Waals surface area contributed by atoms with Crippen LogP contribution in [0.5, 0.6) is 0 Å². The van der Waals surface area contributed by atoms with Crippen molar-refractivity contribution in [2.75, 3.05) is 13.2 Å². The minimum atomic E-state index is -3.80. The van der Waals surface area contributed by atoms with E-state index >= 15 is 0 Å². The third kappa shape index (κ3) is 26.9. The minimum absolute atomic E-state index is 0. The second kappa shape index (κ2) is 26.1. The molecule has 30 heavy (non-hydrogen) atoms. The van der Waals surface area contributed by atoms with Crippen molar-refractivity contribution in [1.29, 1.82) is 0 Å². The van der Waals surface area contributed by atoms with Crippen molar-refractivity contribution < 1.29 is 46.3 Å². The van der Waals surface area contributed by atoms with Gasteiger partial charge in [-0.05, 0) is 12.8 Å². The first-order valence-corrected chi connectivity index (χ1v) is 14.0. The molecule has 0 aromatic heterocycles. The van der Waals surface area contributed by atoms with Crippen LogP contribution in [0.25, 0.3) is 0 Å². The fraction of sp³-hybridized carbons (Fsp3) is 1.00. The van der Waals surface area contributed by atoms with Gasteiger partial charge in [0.15, 0.2) is 0 Å². The molecule has 0 atom stereocenters. The van der Waals surface area contributed by atoms with Crippen LogP contribution in [0, 0.1) is 0 Å². The van der Waals surface area contributed by atoms with Gasteiger partial charge in [0.1, 0.15) is 0 Å². The summed E-state index contributed by atoms with van der Waals surface area (Å²) in [7, 11) is -3.80. The Bertz CT molecular complexity index is 383. The van der Waals surface area contributed by atoms with E-state index in [9.17, 15) is 8.42 Å². The summed E-state index contributed by atoms with van der Waals surface area (Å²) < 4.78 is 33.3. The predicted octanol–water partition coefficient (Wildman–Crippen LogP) is 5.11. The Balaban J connectivity index is 0. The van der Waals surface area contributed by atoms with E-state index in [-0.39, 0.29) is 42.8 Å². The van der Waals surface area contributed by atoms with E-state index < -0.39 is 10.4 Å². The minimum Gasteiger partial charge on any atom is -0.248 e. The number of hydrogen-bond acceptors (Lipinski definition) is 4. The van der Waals surface area contributed by atoms with Crippen LogP contribution < -0.4 is 29.6 Å². The zero-order valence-corrected chi connectivity index (χ0v) is 23.4. The van der Waals surface area contributed by atoms with Gasteiger partial charge < -0.3 is 0 Å². The van der Waals surface area contributed by atoms with Crippen LogP contribution in [0.4, 0.5) is 0 Å². The molecule has 0 amide bonds. The van der Waals surface area contributed by atoms with E-state index in [2.05, 4.69) is 13.8 Å². The molecule has 0 saturated carbocycles. The van der Waals surface area contributed by atoms with Crippen molar-refractivity contribution in [3.05, 3.63) is 0 Å². The molecular weight excluding hydrogens is 407 g/mol. The molecule has 0 radical (unpaired) electrons. The predicted molar refractivity (Wildman–Crippen MR) is 125 cm³/mol. The Morgan fingerprint density at radius 1 is 0.433 bits per heavy atom. The summed E-state index contributed by atoms with van der Waals surface area (Å²) in [5.74, 6) is 0. The van der Waals surface area contributed by atoms with Crippen molar-refractivity contribution >= 4 is 10.4 Å². The van der Waals surface area contributed by atoms with Crippen LogP contribution in [0.3, 0.4) is 0 Å². The van der Waals surface area contributed by atoms with Crippen LogP contribution in [-0.2, 0) is 18.8 Å². The van der Waals surface area contributed by atoms with E-state index in [0.29, 0.717) is 0 Å². The van der Waals surface area contributed by atoms with Gasteiger partial charge in [-0.2, -0.15) is 8.42 Å². The Kier molecular flexibility index (Phi) is 28.8. The second-order valence-corrected chi connectivity index (χ2v) is 9.70. The molecule has 0 aliphatic heterocycles. The summed E-state index contributed by atoms with van der Waals surface area (Å²) >= 11 is 0. The van der Waals surface area contributed by atoms with Gasteiger partial charge in [-0.15, -0.1) is 0 Å². The first-order valence-electron chi connectivity index (χ1n) is 12.7. The van der Waals surface area contributed by atoms with E-state index in [1.807, 2.05) is 0 Å². The molecule has 0 aromatic rings. The topological polar surface area (TPSA) is 52.6 Å². The van der Waals surface area contributed by atoms with Gasteiger partial charge in [-0.3, -0.25) is 0 Å². The molecule has 0 heterocycles. The zero-order chi connectivity index (χ0) is 21.5. The van der Waals surface area contributed by atoms with Crippen LogP contribution in [0.15, 0.2) is 0 Å². The Morgan fingerprint density at radius 3 is 0.933 bits per heavy atom. The van der Waals surface area contributed by atoms with Crippen LogP contribution in [0.2, 0.25) is 0 Å². The molecule has 0 N–H and O–H groups in total. The van der Waals surface area contributed by atoms with Gasteiger partial charge in [0.05, 0.1) is 13.2 Å². The monoisotopic (exact) mass is 457 g/mol. The molecule has 0 fully saturated rings. The van der Waals surface area contributed by atoms with E-state index in [4.69, 9.17) is 8.37 Å². The average molecular weight is 458 g/mol. The molecule has 0 aliphatic rings. The molecule has 0 aliphatic carbocycles. The van der Waals surface area contributed by atoms with Crippen molar-refractivity contribution in [1.82, 2.24) is 0 Å². The van der Waals surface area contributed by atoms with Crippen molar-refractivity contribution in [2.45, 2.75) is 142 Å². The average Bonchev–Trinajstić information content (AvgIpc) is 2.70. The number of unbranched alkanes of at least 4 members (excludes halogenated alkanes) is 18. The van der Waals surface area contributed by atoms with E-state index in [0.717, 1.165) is 38.5 Å². The fourth-order valence-electron chi connectivity index (χ4n) is 3.53. The third-order valence-corrected chi connectivity index (χ3v) is 6.36. The van der Waals surface area contributed by atoms with E-state index in [1.165, 1.54) is 89.9 Å². The maximum Gasteiger partial charge on any atom is 1.00 e. The summed E-state index contributed by atoms with van der Waals surface area (Å²) in [6, 6.07) is 0. The number of hydrogen-bond donors (Lipinski definition) is 0. The van der Waals surface area contributed by atoms with Gasteiger partial charge in [-0.1, -0.05) is 129 Å². The molecule has 0 saturated heterocycles. The van der Waals surface area contributed by atoms with Crippen LogP contribution in [-0.4, -0.2) is 21.6 Å². The van der Waals surface area contributed by atoms with Gasteiger partial charge in [-0.25, -0.2) is 8.37 Å². The first-order chi connectivity index (χ1) is 14.1. The molecule has 0 spiro atoms.